The van der Waals surface area contributed by atoms with Crippen molar-refractivity contribution < 1.29 is 38.6 Å². The molecule has 0 saturated carbocycles. The van der Waals surface area contributed by atoms with Gasteiger partial charge in [0.15, 0.2) is 0 Å². The maximum Gasteiger partial charge on any atom is 0.303 e. The molecule has 3 atom stereocenters. The first-order valence-corrected chi connectivity index (χ1v) is 16.0. The number of carbonyl (C=O) groups excluding carboxylic acids is 2. The number of nitrogens with one attached hydrogen (secondary N) is 3. The van der Waals surface area contributed by atoms with E-state index in [9.17, 15) is 19.5 Å². The van der Waals surface area contributed by atoms with Crippen molar-refractivity contribution in [2.45, 2.75) is 89.6 Å². The van der Waals surface area contributed by atoms with Crippen LogP contribution in [0.15, 0.2) is 54.6 Å². The summed E-state index contributed by atoms with van der Waals surface area (Å²) in [4.78, 5) is 42.5. The van der Waals surface area contributed by atoms with Gasteiger partial charge in [0.1, 0.15) is 11.8 Å². The van der Waals surface area contributed by atoms with Crippen molar-refractivity contribution in [2.24, 2.45) is 0 Å². The Morgan fingerprint density at radius 2 is 1.64 bits per heavy atom. The SMILES string of the molecule is CCCC(CCC)OOSCC(NC(=O)CCC(=O)O)C(=O)N[C@@H](Cc1ccccc1)[C@H](O)CNCc1cccc(OC)c1. The van der Waals surface area contributed by atoms with Crippen LogP contribution in [0.2, 0.25) is 0 Å². The molecule has 0 aliphatic rings. The first-order valence-electron chi connectivity index (χ1n) is 15.1. The van der Waals surface area contributed by atoms with E-state index in [-0.39, 0.29) is 31.2 Å². The van der Waals surface area contributed by atoms with E-state index in [0.717, 1.165) is 54.6 Å². The Hall–Kier alpha value is -3.16. The summed E-state index contributed by atoms with van der Waals surface area (Å²) >= 11 is 0.891. The number of aliphatic hydroxyl groups is 1. The van der Waals surface area contributed by atoms with E-state index in [1.54, 1.807) is 7.11 Å². The van der Waals surface area contributed by atoms with Crippen LogP contribution in [-0.4, -0.2) is 71.7 Å². The van der Waals surface area contributed by atoms with E-state index in [4.69, 9.17) is 19.1 Å². The lowest BCUT2D eigenvalue weighted by Crippen LogP contribution is -2.55. The Morgan fingerprint density at radius 3 is 2.30 bits per heavy atom. The van der Waals surface area contributed by atoms with Crippen molar-refractivity contribution in [3.05, 3.63) is 65.7 Å². The molecule has 0 saturated heterocycles. The van der Waals surface area contributed by atoms with Crippen LogP contribution in [0.3, 0.4) is 0 Å². The van der Waals surface area contributed by atoms with Gasteiger partial charge in [-0.15, -0.1) is 0 Å². The highest BCUT2D eigenvalue weighted by molar-refractivity contribution is 7.94. The van der Waals surface area contributed by atoms with Crippen LogP contribution < -0.4 is 20.7 Å². The van der Waals surface area contributed by atoms with Crippen LogP contribution in [0.25, 0.3) is 0 Å². The number of carbonyl (C=O) groups is 3. The lowest BCUT2D eigenvalue weighted by molar-refractivity contribution is -0.234. The molecule has 5 N–H and O–H groups in total. The Bertz CT molecular complexity index is 1120. The smallest absolute Gasteiger partial charge is 0.303 e. The molecule has 0 aromatic heterocycles. The molecule has 2 aromatic rings. The summed E-state index contributed by atoms with van der Waals surface area (Å²) in [7, 11) is 1.60. The highest BCUT2D eigenvalue weighted by atomic mass is 32.2. The number of carboxylic acid groups (broad SMARTS) is 1. The van der Waals surface area contributed by atoms with Crippen LogP contribution in [0.1, 0.15) is 63.5 Å². The van der Waals surface area contributed by atoms with Gasteiger partial charge in [-0.2, -0.15) is 4.33 Å². The molecule has 0 aliphatic heterocycles. The molecule has 0 bridgehead atoms. The van der Waals surface area contributed by atoms with Gasteiger partial charge >= 0.3 is 5.97 Å². The Kier molecular flexibility index (Phi) is 18.1. The summed E-state index contributed by atoms with van der Waals surface area (Å²) in [6.45, 7) is 4.78. The maximum atomic E-state index is 13.5. The fraction of sp³-hybridized carbons (Fsp3) is 0.531. The molecule has 12 heteroatoms. The molecule has 1 unspecified atom stereocenters. The van der Waals surface area contributed by atoms with Crippen molar-refractivity contribution in [3.63, 3.8) is 0 Å². The molecule has 11 nitrogen and oxygen atoms in total. The fourth-order valence-corrected chi connectivity index (χ4v) is 5.05. The zero-order valence-corrected chi connectivity index (χ0v) is 26.6. The Morgan fingerprint density at radius 1 is 0.932 bits per heavy atom. The number of aliphatic carboxylic acids is 1. The third-order valence-electron chi connectivity index (χ3n) is 6.80. The standard InChI is InChI=1S/C32H47N3O8S/c1-4-10-25(11-5-2)42-43-44-22-28(34-30(37)16-17-31(38)39)32(40)35-27(19-23-12-7-6-8-13-23)29(36)21-33-20-24-14-9-15-26(18-24)41-3/h6-9,12-15,18,25,27-29,33,36H,4-5,10-11,16-17,19-22H2,1-3H3,(H,34,37)(H,35,40)(H,38,39)/t27-,28?,29+/m0/s1. The average Bonchev–Trinajstić information content (AvgIpc) is 3.01. The van der Waals surface area contributed by atoms with Crippen LogP contribution in [-0.2, 0) is 36.6 Å². The van der Waals surface area contributed by atoms with Crippen molar-refractivity contribution in [1.29, 1.82) is 0 Å². The van der Waals surface area contributed by atoms with Crippen LogP contribution in [0.5, 0.6) is 5.75 Å². The minimum absolute atomic E-state index is 0.0118. The number of hydrogen-bond donors (Lipinski definition) is 5. The number of hydrogen-bond acceptors (Lipinski definition) is 9. The molecular weight excluding hydrogens is 586 g/mol. The van der Waals surface area contributed by atoms with Gasteiger partial charge in [-0.1, -0.05) is 69.2 Å². The zero-order chi connectivity index (χ0) is 32.2. The normalized spacial score (nSPS) is 13.2. The molecule has 0 radical (unpaired) electrons. The third-order valence-corrected chi connectivity index (χ3v) is 7.45. The third kappa shape index (κ3) is 15.0. The van der Waals surface area contributed by atoms with E-state index in [1.165, 1.54) is 0 Å². The van der Waals surface area contributed by atoms with Crippen molar-refractivity contribution >= 4 is 29.8 Å². The van der Waals surface area contributed by atoms with Gasteiger partial charge in [0, 0.05) is 31.6 Å². The number of carboxylic acids is 1. The predicted molar refractivity (Wildman–Crippen MR) is 170 cm³/mol. The molecule has 2 amide bonds. The predicted octanol–water partition coefficient (Wildman–Crippen LogP) is 3.79. The van der Waals surface area contributed by atoms with Crippen LogP contribution in [0, 0.1) is 0 Å². The summed E-state index contributed by atoms with van der Waals surface area (Å²) < 4.78 is 10.6. The maximum absolute atomic E-state index is 13.5. The summed E-state index contributed by atoms with van der Waals surface area (Å²) in [6.07, 6.45) is 2.18. The largest absolute Gasteiger partial charge is 0.497 e. The van der Waals surface area contributed by atoms with E-state index >= 15 is 0 Å². The average molecular weight is 634 g/mol. The van der Waals surface area contributed by atoms with Gasteiger partial charge in [0.05, 0.1) is 37.5 Å². The Balaban J connectivity index is 2.10. The number of aliphatic hydroxyl groups excluding tert-OH is 1. The number of amides is 2. The van der Waals surface area contributed by atoms with Gasteiger partial charge < -0.3 is 30.9 Å². The highest BCUT2D eigenvalue weighted by Crippen LogP contribution is 2.16. The van der Waals surface area contributed by atoms with Gasteiger partial charge in [-0.3, -0.25) is 14.4 Å². The van der Waals surface area contributed by atoms with Crippen LogP contribution in [0.4, 0.5) is 0 Å². The van der Waals surface area contributed by atoms with Crippen molar-refractivity contribution in [1.82, 2.24) is 16.0 Å². The number of ether oxygens (including phenoxy) is 1. The molecule has 244 valence electrons. The van der Waals surface area contributed by atoms with Gasteiger partial charge in [0.25, 0.3) is 0 Å². The molecule has 0 spiro atoms. The highest BCUT2D eigenvalue weighted by Gasteiger charge is 2.28. The Labute approximate surface area is 264 Å². The molecule has 0 aliphatic carbocycles. The molecule has 44 heavy (non-hydrogen) atoms. The van der Waals surface area contributed by atoms with E-state index in [1.807, 2.05) is 54.6 Å². The minimum atomic E-state index is -1.11. The van der Waals surface area contributed by atoms with E-state index in [0.29, 0.717) is 13.0 Å². The zero-order valence-electron chi connectivity index (χ0n) is 25.8. The molecule has 2 aromatic carbocycles. The number of methoxy groups -OCH3 is 1. The first kappa shape index (κ1) is 37.0. The summed E-state index contributed by atoms with van der Waals surface area (Å²) in [5.74, 6) is -1.48. The monoisotopic (exact) mass is 633 g/mol. The lowest BCUT2D eigenvalue weighted by Gasteiger charge is -2.27. The van der Waals surface area contributed by atoms with Crippen molar-refractivity contribution in [2.75, 3.05) is 19.4 Å². The molecule has 0 heterocycles. The number of benzene rings is 2. The second-order valence-corrected chi connectivity index (χ2v) is 11.2. The molecule has 0 fully saturated rings. The number of rotatable bonds is 23. The van der Waals surface area contributed by atoms with Crippen molar-refractivity contribution in [3.8, 4) is 5.75 Å². The van der Waals surface area contributed by atoms with E-state index < -0.39 is 36.0 Å². The fourth-order valence-electron chi connectivity index (χ4n) is 4.46. The van der Waals surface area contributed by atoms with Gasteiger partial charge in [0.2, 0.25) is 11.8 Å². The summed E-state index contributed by atoms with van der Waals surface area (Å²) in [5.41, 5.74) is 1.89. The minimum Gasteiger partial charge on any atom is -0.497 e. The second-order valence-electron chi connectivity index (χ2n) is 10.5. The first-order chi connectivity index (χ1) is 21.2. The lowest BCUT2D eigenvalue weighted by atomic mass is 10.0. The van der Waals surface area contributed by atoms with Gasteiger partial charge in [-0.05, 0) is 42.5 Å². The van der Waals surface area contributed by atoms with Gasteiger partial charge in [-0.25, -0.2) is 4.89 Å². The summed E-state index contributed by atoms with van der Waals surface area (Å²) in [6, 6.07) is 15.3. The second kappa shape index (κ2) is 21.5. The van der Waals surface area contributed by atoms with E-state index in [2.05, 4.69) is 29.8 Å². The topological polar surface area (TPSA) is 155 Å². The quantitative estimate of drug-likeness (QED) is 0.0528. The summed E-state index contributed by atoms with van der Waals surface area (Å²) in [5, 5.41) is 28.9. The molecule has 2 rings (SSSR count). The molecular formula is C32H47N3O8S. The van der Waals surface area contributed by atoms with Crippen LogP contribution >= 0.6 is 12.0 Å².